The highest BCUT2D eigenvalue weighted by Gasteiger charge is 2.27. The van der Waals surface area contributed by atoms with Gasteiger partial charge >= 0.3 is 0 Å². The van der Waals surface area contributed by atoms with Crippen LogP contribution in [-0.2, 0) is 4.74 Å². The molecule has 0 amide bonds. The third kappa shape index (κ3) is 3.54. The van der Waals surface area contributed by atoms with Gasteiger partial charge in [-0.1, -0.05) is 0 Å². The van der Waals surface area contributed by atoms with E-state index >= 15 is 0 Å². The zero-order chi connectivity index (χ0) is 10.6. The summed E-state index contributed by atoms with van der Waals surface area (Å²) < 4.78 is 5.31. The molecule has 0 unspecified atom stereocenters. The first kappa shape index (κ1) is 11.3. The Bertz CT molecular complexity index is 207. The number of hydrogen-bond acceptors (Lipinski definition) is 2. The molecule has 1 rings (SSSR count). The molecule has 1 saturated heterocycles. The Hall–Kier alpha value is -0.770. The van der Waals surface area contributed by atoms with Gasteiger partial charge in [0.05, 0.1) is 0 Å². The molecule has 0 aromatic carbocycles. The lowest BCUT2D eigenvalue weighted by atomic mass is 9.93. The zero-order valence-corrected chi connectivity index (χ0v) is 9.34. The maximum atomic E-state index is 5.79. The van der Waals surface area contributed by atoms with Crippen molar-refractivity contribution in [3.05, 3.63) is 0 Å². The summed E-state index contributed by atoms with van der Waals surface area (Å²) in [6.45, 7) is 7.80. The smallest absolute Gasteiger partial charge is 0.189 e. The van der Waals surface area contributed by atoms with Crippen LogP contribution in [0.15, 0.2) is 4.99 Å². The molecule has 0 aromatic heterocycles. The van der Waals surface area contributed by atoms with Crippen LogP contribution in [0.1, 0.15) is 33.6 Å². The molecule has 1 aliphatic rings. The Labute approximate surface area is 85.9 Å². The average molecular weight is 199 g/mol. The number of rotatable bonds is 2. The van der Waals surface area contributed by atoms with Gasteiger partial charge in [-0.05, 0) is 33.6 Å². The largest absolute Gasteiger partial charge is 0.381 e. The van der Waals surface area contributed by atoms with Gasteiger partial charge in [-0.2, -0.15) is 0 Å². The van der Waals surface area contributed by atoms with Crippen molar-refractivity contribution in [3.8, 4) is 0 Å². The third-order valence-electron chi connectivity index (χ3n) is 2.42. The average Bonchev–Trinajstić information content (AvgIpc) is 2.02. The standard InChI is InChI=1S/C10H21N3O/c1-8(2)12-9(11)13-10(3)4-6-14-7-5-10/h8H,4-7H2,1-3H3,(H3,11,12,13). The number of aliphatic imine (C=N–C) groups is 1. The van der Waals surface area contributed by atoms with Crippen LogP contribution < -0.4 is 11.1 Å². The van der Waals surface area contributed by atoms with Gasteiger partial charge in [0.1, 0.15) is 0 Å². The summed E-state index contributed by atoms with van der Waals surface area (Å²) >= 11 is 0. The van der Waals surface area contributed by atoms with Crippen LogP contribution in [-0.4, -0.2) is 30.8 Å². The molecule has 0 bridgehead atoms. The monoisotopic (exact) mass is 199 g/mol. The van der Waals surface area contributed by atoms with Gasteiger partial charge in [-0.15, -0.1) is 0 Å². The van der Waals surface area contributed by atoms with Crippen LogP contribution >= 0.6 is 0 Å². The molecule has 82 valence electrons. The number of nitrogens with zero attached hydrogens (tertiary/aromatic N) is 1. The summed E-state index contributed by atoms with van der Waals surface area (Å²) in [5.74, 6) is 0.546. The first-order valence-electron chi connectivity index (χ1n) is 5.21. The molecule has 4 nitrogen and oxygen atoms in total. The van der Waals surface area contributed by atoms with E-state index in [0.717, 1.165) is 26.1 Å². The van der Waals surface area contributed by atoms with E-state index in [2.05, 4.69) is 17.2 Å². The molecule has 0 saturated carbocycles. The fraction of sp³-hybridized carbons (Fsp3) is 0.900. The zero-order valence-electron chi connectivity index (χ0n) is 9.34. The van der Waals surface area contributed by atoms with Crippen LogP contribution in [0.4, 0.5) is 0 Å². The van der Waals surface area contributed by atoms with E-state index in [1.165, 1.54) is 0 Å². The van der Waals surface area contributed by atoms with Crippen molar-refractivity contribution < 1.29 is 4.74 Å². The Kier molecular flexibility index (Phi) is 3.75. The maximum Gasteiger partial charge on any atom is 0.189 e. The van der Waals surface area contributed by atoms with Gasteiger partial charge in [0.25, 0.3) is 0 Å². The van der Waals surface area contributed by atoms with E-state index in [1.54, 1.807) is 0 Å². The third-order valence-corrected chi connectivity index (χ3v) is 2.42. The van der Waals surface area contributed by atoms with Crippen molar-refractivity contribution in [2.45, 2.75) is 45.2 Å². The summed E-state index contributed by atoms with van der Waals surface area (Å²) in [5, 5.41) is 3.27. The molecular formula is C10H21N3O. The summed E-state index contributed by atoms with van der Waals surface area (Å²) in [4.78, 5) is 4.26. The van der Waals surface area contributed by atoms with Gasteiger partial charge in [0, 0.05) is 24.8 Å². The van der Waals surface area contributed by atoms with Gasteiger partial charge < -0.3 is 15.8 Å². The number of guanidine groups is 1. The SMILES string of the molecule is CC(C)N=C(N)NC1(C)CCOCC1. The molecule has 1 fully saturated rings. The number of nitrogens with two attached hydrogens (primary N) is 1. The molecule has 1 aliphatic heterocycles. The van der Waals surface area contributed by atoms with Crippen LogP contribution in [0.25, 0.3) is 0 Å². The maximum absolute atomic E-state index is 5.79. The van der Waals surface area contributed by atoms with E-state index in [1.807, 2.05) is 13.8 Å². The minimum absolute atomic E-state index is 0.0563. The molecule has 0 atom stereocenters. The second-order valence-corrected chi connectivity index (χ2v) is 4.41. The second-order valence-electron chi connectivity index (χ2n) is 4.41. The summed E-state index contributed by atoms with van der Waals surface area (Å²) in [5.41, 5.74) is 5.85. The first-order valence-corrected chi connectivity index (χ1v) is 5.21. The van der Waals surface area contributed by atoms with Crippen molar-refractivity contribution in [3.63, 3.8) is 0 Å². The topological polar surface area (TPSA) is 59.6 Å². The Morgan fingerprint density at radius 2 is 2.00 bits per heavy atom. The van der Waals surface area contributed by atoms with E-state index in [4.69, 9.17) is 10.5 Å². The summed E-state index contributed by atoms with van der Waals surface area (Å²) in [6.07, 6.45) is 1.97. The Morgan fingerprint density at radius 1 is 1.43 bits per heavy atom. The number of ether oxygens (including phenoxy) is 1. The molecule has 0 aliphatic carbocycles. The van der Waals surface area contributed by atoms with E-state index in [-0.39, 0.29) is 11.6 Å². The van der Waals surface area contributed by atoms with Crippen LogP contribution in [0.2, 0.25) is 0 Å². The summed E-state index contributed by atoms with van der Waals surface area (Å²) in [6, 6.07) is 0.242. The van der Waals surface area contributed by atoms with E-state index in [9.17, 15) is 0 Å². The first-order chi connectivity index (χ1) is 6.52. The quantitative estimate of drug-likeness (QED) is 0.512. The Balaban J connectivity index is 2.48. The molecule has 14 heavy (non-hydrogen) atoms. The van der Waals surface area contributed by atoms with E-state index in [0.29, 0.717) is 5.96 Å². The van der Waals surface area contributed by atoms with E-state index < -0.39 is 0 Å². The minimum Gasteiger partial charge on any atom is -0.381 e. The van der Waals surface area contributed by atoms with Crippen molar-refractivity contribution in [1.29, 1.82) is 0 Å². The lowest BCUT2D eigenvalue weighted by Crippen LogP contribution is -2.52. The normalized spacial score (nSPS) is 22.4. The molecule has 1 heterocycles. The molecule has 0 spiro atoms. The van der Waals surface area contributed by atoms with Gasteiger partial charge in [0.2, 0.25) is 0 Å². The highest BCUT2D eigenvalue weighted by Crippen LogP contribution is 2.19. The van der Waals surface area contributed by atoms with Crippen LogP contribution in [0.3, 0.4) is 0 Å². The number of nitrogens with one attached hydrogen (secondary N) is 1. The second kappa shape index (κ2) is 4.64. The predicted octanol–water partition coefficient (Wildman–Crippen LogP) is 0.868. The van der Waals surface area contributed by atoms with Crippen molar-refractivity contribution in [2.75, 3.05) is 13.2 Å². The van der Waals surface area contributed by atoms with Gasteiger partial charge in [-0.25, -0.2) is 0 Å². The van der Waals surface area contributed by atoms with Gasteiger partial charge in [-0.3, -0.25) is 4.99 Å². The highest BCUT2D eigenvalue weighted by atomic mass is 16.5. The summed E-state index contributed by atoms with van der Waals surface area (Å²) in [7, 11) is 0. The highest BCUT2D eigenvalue weighted by molar-refractivity contribution is 5.78. The molecule has 3 N–H and O–H groups in total. The minimum atomic E-state index is 0.0563. The predicted molar refractivity (Wildman–Crippen MR) is 58.4 cm³/mol. The number of hydrogen-bond donors (Lipinski definition) is 2. The molecule has 4 heteroatoms. The molecule has 0 aromatic rings. The van der Waals surface area contributed by atoms with Gasteiger partial charge in [0.15, 0.2) is 5.96 Å². The fourth-order valence-corrected chi connectivity index (χ4v) is 1.57. The van der Waals surface area contributed by atoms with Crippen LogP contribution in [0, 0.1) is 0 Å². The molecule has 0 radical (unpaired) electrons. The fourth-order valence-electron chi connectivity index (χ4n) is 1.57. The van der Waals surface area contributed by atoms with Crippen LogP contribution in [0.5, 0.6) is 0 Å². The lowest BCUT2D eigenvalue weighted by Gasteiger charge is -2.34. The molecular weight excluding hydrogens is 178 g/mol. The Morgan fingerprint density at radius 3 is 2.50 bits per heavy atom. The van der Waals surface area contributed by atoms with Crippen molar-refractivity contribution in [2.24, 2.45) is 10.7 Å². The van der Waals surface area contributed by atoms with Crippen molar-refractivity contribution in [1.82, 2.24) is 5.32 Å². The lowest BCUT2D eigenvalue weighted by molar-refractivity contribution is 0.0523. The van der Waals surface area contributed by atoms with Crippen molar-refractivity contribution >= 4 is 5.96 Å².